The van der Waals surface area contributed by atoms with Gasteiger partial charge >= 0.3 is 5.97 Å². The van der Waals surface area contributed by atoms with Crippen LogP contribution in [-0.4, -0.2) is 30.5 Å². The van der Waals surface area contributed by atoms with Crippen LogP contribution in [0.3, 0.4) is 0 Å². The molecular weight excluding hydrogens is 236 g/mol. The molecule has 0 bridgehead atoms. The molecule has 3 nitrogen and oxygen atoms in total. The average Bonchev–Trinajstić information content (AvgIpc) is 2.20. The summed E-state index contributed by atoms with van der Waals surface area (Å²) in [6.07, 6.45) is 0. The third-order valence-corrected chi connectivity index (χ3v) is 3.01. The highest BCUT2D eigenvalue weighted by Gasteiger charge is 2.09. The van der Waals surface area contributed by atoms with Gasteiger partial charge in [0.05, 0.1) is 17.2 Å². The number of rotatable bonds is 5. The normalized spacial score (nSPS) is 10.3. The number of halogens is 1. The molecule has 0 radical (unpaired) electrons. The minimum atomic E-state index is -1.01. The van der Waals surface area contributed by atoms with E-state index in [1.165, 1.54) is 11.8 Å². The van der Waals surface area contributed by atoms with Crippen LogP contribution in [0.1, 0.15) is 10.4 Å². The van der Waals surface area contributed by atoms with Crippen LogP contribution in [0.15, 0.2) is 23.1 Å². The number of carboxylic acid groups (broad SMARTS) is 1. The van der Waals surface area contributed by atoms with Gasteiger partial charge in [0.25, 0.3) is 0 Å². The molecule has 0 saturated carbocycles. The molecule has 0 aliphatic carbocycles. The van der Waals surface area contributed by atoms with E-state index in [-0.39, 0.29) is 10.6 Å². The molecular formula is C10H11ClO3S. The van der Waals surface area contributed by atoms with E-state index in [9.17, 15) is 4.79 Å². The van der Waals surface area contributed by atoms with Gasteiger partial charge in [-0.05, 0) is 18.2 Å². The van der Waals surface area contributed by atoms with E-state index >= 15 is 0 Å². The van der Waals surface area contributed by atoms with Crippen molar-refractivity contribution in [1.82, 2.24) is 0 Å². The van der Waals surface area contributed by atoms with Gasteiger partial charge in [0, 0.05) is 17.8 Å². The van der Waals surface area contributed by atoms with Crippen molar-refractivity contribution < 1.29 is 14.6 Å². The molecule has 5 heteroatoms. The third kappa shape index (κ3) is 3.74. The quantitative estimate of drug-likeness (QED) is 0.641. The molecule has 0 amide bonds. The average molecular weight is 247 g/mol. The molecule has 0 atom stereocenters. The fourth-order valence-corrected chi connectivity index (χ4v) is 2.05. The molecule has 0 aliphatic heterocycles. The Morgan fingerprint density at radius 1 is 1.60 bits per heavy atom. The van der Waals surface area contributed by atoms with Crippen LogP contribution >= 0.6 is 23.4 Å². The lowest BCUT2D eigenvalue weighted by atomic mass is 10.2. The summed E-state index contributed by atoms with van der Waals surface area (Å²) in [6, 6.07) is 4.97. The first-order chi connectivity index (χ1) is 7.15. The molecule has 82 valence electrons. The Labute approximate surface area is 97.4 Å². The van der Waals surface area contributed by atoms with E-state index < -0.39 is 5.97 Å². The summed E-state index contributed by atoms with van der Waals surface area (Å²) in [5.41, 5.74) is 0.138. The minimum absolute atomic E-state index is 0.138. The lowest BCUT2D eigenvalue weighted by Gasteiger charge is -2.03. The number of carbonyl (C=O) groups is 1. The second kappa shape index (κ2) is 6.00. The van der Waals surface area contributed by atoms with E-state index in [1.807, 2.05) is 0 Å². The Hall–Kier alpha value is -0.710. The van der Waals surface area contributed by atoms with Gasteiger partial charge in [0.2, 0.25) is 0 Å². The van der Waals surface area contributed by atoms with Gasteiger partial charge in [-0.2, -0.15) is 0 Å². The van der Waals surface area contributed by atoms with Crippen molar-refractivity contribution in [2.24, 2.45) is 0 Å². The predicted molar refractivity (Wildman–Crippen MR) is 61.0 cm³/mol. The summed E-state index contributed by atoms with van der Waals surface area (Å²) in [5.74, 6) is -0.216. The number of hydrogen-bond acceptors (Lipinski definition) is 3. The van der Waals surface area contributed by atoms with Crippen LogP contribution in [0.25, 0.3) is 0 Å². The van der Waals surface area contributed by atoms with Crippen molar-refractivity contribution in [3.8, 4) is 0 Å². The van der Waals surface area contributed by atoms with E-state index in [2.05, 4.69) is 0 Å². The summed E-state index contributed by atoms with van der Waals surface area (Å²) in [6.45, 7) is 0.635. The monoisotopic (exact) mass is 246 g/mol. The fourth-order valence-electron chi connectivity index (χ4n) is 1.00. The molecule has 0 heterocycles. The van der Waals surface area contributed by atoms with Crippen molar-refractivity contribution in [3.63, 3.8) is 0 Å². The topological polar surface area (TPSA) is 46.5 Å². The number of carboxylic acids is 1. The van der Waals surface area contributed by atoms with E-state index in [0.717, 1.165) is 10.6 Å². The van der Waals surface area contributed by atoms with Crippen LogP contribution in [0.2, 0.25) is 5.02 Å². The van der Waals surface area contributed by atoms with Crippen molar-refractivity contribution in [3.05, 3.63) is 28.8 Å². The Morgan fingerprint density at radius 2 is 2.33 bits per heavy atom. The minimum Gasteiger partial charge on any atom is -0.478 e. The third-order valence-electron chi connectivity index (χ3n) is 1.72. The molecule has 0 aromatic heterocycles. The maximum Gasteiger partial charge on any atom is 0.337 e. The summed E-state index contributed by atoms with van der Waals surface area (Å²) in [4.78, 5) is 11.7. The number of ether oxygens (including phenoxy) is 1. The second-order valence-corrected chi connectivity index (χ2v) is 4.36. The van der Waals surface area contributed by atoms with Gasteiger partial charge in [-0.3, -0.25) is 0 Å². The predicted octanol–water partition coefficient (Wildman–Crippen LogP) is 2.78. The Morgan fingerprint density at radius 3 is 2.93 bits per heavy atom. The fraction of sp³-hybridized carbons (Fsp3) is 0.300. The van der Waals surface area contributed by atoms with Crippen molar-refractivity contribution in [2.75, 3.05) is 19.5 Å². The van der Waals surface area contributed by atoms with Crippen molar-refractivity contribution >= 4 is 29.3 Å². The maximum atomic E-state index is 10.8. The van der Waals surface area contributed by atoms with Gasteiger partial charge in [-0.15, -0.1) is 11.8 Å². The highest BCUT2D eigenvalue weighted by atomic mass is 35.5. The zero-order valence-corrected chi connectivity index (χ0v) is 9.77. The van der Waals surface area contributed by atoms with Crippen LogP contribution < -0.4 is 0 Å². The van der Waals surface area contributed by atoms with E-state index in [4.69, 9.17) is 21.4 Å². The SMILES string of the molecule is COCCSc1ccc(Cl)c(C(=O)O)c1. The lowest BCUT2D eigenvalue weighted by molar-refractivity contribution is 0.0697. The van der Waals surface area contributed by atoms with E-state index in [0.29, 0.717) is 6.61 Å². The summed E-state index contributed by atoms with van der Waals surface area (Å²) >= 11 is 7.28. The molecule has 0 spiro atoms. The summed E-state index contributed by atoms with van der Waals surface area (Å²) < 4.78 is 4.90. The van der Waals surface area contributed by atoms with Gasteiger partial charge in [0.15, 0.2) is 0 Å². The summed E-state index contributed by atoms with van der Waals surface area (Å²) in [5, 5.41) is 9.11. The highest BCUT2D eigenvalue weighted by molar-refractivity contribution is 7.99. The summed E-state index contributed by atoms with van der Waals surface area (Å²) in [7, 11) is 1.63. The first kappa shape index (κ1) is 12.4. The van der Waals surface area contributed by atoms with Gasteiger partial charge in [-0.1, -0.05) is 11.6 Å². The first-order valence-electron chi connectivity index (χ1n) is 4.29. The zero-order valence-electron chi connectivity index (χ0n) is 8.20. The number of thioether (sulfide) groups is 1. The number of aromatic carboxylic acids is 1. The molecule has 0 aliphatic rings. The largest absolute Gasteiger partial charge is 0.478 e. The van der Waals surface area contributed by atoms with Gasteiger partial charge in [-0.25, -0.2) is 4.79 Å². The van der Waals surface area contributed by atoms with Crippen molar-refractivity contribution in [2.45, 2.75) is 4.90 Å². The van der Waals surface area contributed by atoms with Crippen LogP contribution in [0.5, 0.6) is 0 Å². The lowest BCUT2D eigenvalue weighted by Crippen LogP contribution is -1.98. The molecule has 1 N–H and O–H groups in total. The van der Waals surface area contributed by atoms with Crippen LogP contribution in [0.4, 0.5) is 0 Å². The molecule has 1 aromatic rings. The second-order valence-electron chi connectivity index (χ2n) is 2.79. The van der Waals surface area contributed by atoms with Gasteiger partial charge in [0.1, 0.15) is 0 Å². The maximum absolute atomic E-state index is 10.8. The van der Waals surface area contributed by atoms with Crippen molar-refractivity contribution in [1.29, 1.82) is 0 Å². The molecule has 1 rings (SSSR count). The number of methoxy groups -OCH3 is 1. The molecule has 1 aromatic carbocycles. The standard InChI is InChI=1S/C10H11ClO3S/c1-14-4-5-15-7-2-3-9(11)8(6-7)10(12)13/h2-3,6H,4-5H2,1H3,(H,12,13). The Bertz CT molecular complexity index is 355. The Balaban J connectivity index is 2.74. The molecule has 15 heavy (non-hydrogen) atoms. The highest BCUT2D eigenvalue weighted by Crippen LogP contribution is 2.24. The van der Waals surface area contributed by atoms with Crippen LogP contribution in [0, 0.1) is 0 Å². The van der Waals surface area contributed by atoms with E-state index in [1.54, 1.807) is 25.3 Å². The first-order valence-corrected chi connectivity index (χ1v) is 5.66. The number of benzene rings is 1. The van der Waals surface area contributed by atoms with Gasteiger partial charge < -0.3 is 9.84 Å². The Kier molecular flexibility index (Phi) is 4.94. The molecule has 0 fully saturated rings. The van der Waals surface area contributed by atoms with Crippen LogP contribution in [-0.2, 0) is 4.74 Å². The number of hydrogen-bond donors (Lipinski definition) is 1. The smallest absolute Gasteiger partial charge is 0.337 e. The molecule has 0 unspecified atom stereocenters. The zero-order chi connectivity index (χ0) is 11.3. The molecule has 0 saturated heterocycles.